The first kappa shape index (κ1) is 20.9. The van der Waals surface area contributed by atoms with Crippen molar-refractivity contribution in [3.8, 4) is 0 Å². The molecule has 0 radical (unpaired) electrons. The largest absolute Gasteiger partial charge is 0.468 e. The summed E-state index contributed by atoms with van der Waals surface area (Å²) in [5.41, 5.74) is 4.85. The molecule has 3 aliphatic heterocycles. The van der Waals surface area contributed by atoms with Gasteiger partial charge in [0.2, 0.25) is 0 Å². The lowest BCUT2D eigenvalue weighted by Gasteiger charge is -2.52. The fraction of sp³-hybridized carbons (Fsp3) is 0.444. The van der Waals surface area contributed by atoms with E-state index in [2.05, 4.69) is 63.3 Å². The van der Waals surface area contributed by atoms with Crippen LogP contribution in [0, 0.1) is 0 Å². The molecule has 0 amide bonds. The number of aromatic nitrogens is 1. The molecule has 33 heavy (non-hydrogen) atoms. The maximum atomic E-state index is 13.1. The smallest absolute Gasteiger partial charge is 0.323 e. The van der Waals surface area contributed by atoms with Gasteiger partial charge in [-0.1, -0.05) is 48.5 Å². The van der Waals surface area contributed by atoms with Crippen LogP contribution in [0.15, 0.2) is 54.6 Å². The number of aromatic amines is 1. The van der Waals surface area contributed by atoms with Crippen LogP contribution in [0.4, 0.5) is 0 Å². The summed E-state index contributed by atoms with van der Waals surface area (Å²) in [4.78, 5) is 21.7. The Morgan fingerprint density at radius 1 is 1.06 bits per heavy atom. The van der Waals surface area contributed by atoms with E-state index in [-0.39, 0.29) is 30.2 Å². The summed E-state index contributed by atoms with van der Waals surface area (Å²) in [6, 6.07) is 19.2. The van der Waals surface area contributed by atoms with Crippen molar-refractivity contribution in [2.45, 2.75) is 56.0 Å². The predicted molar refractivity (Wildman–Crippen MR) is 127 cm³/mol. The van der Waals surface area contributed by atoms with Gasteiger partial charge in [-0.05, 0) is 36.5 Å². The number of hydrogen-bond acceptors (Lipinski definition) is 5. The van der Waals surface area contributed by atoms with Gasteiger partial charge in [-0.2, -0.15) is 0 Å². The lowest BCUT2D eigenvalue weighted by atomic mass is 9.79. The standard InChI is InChI=1S/C27H31N3O3/c1-33-27(32)25-15-21-20-9-5-6-10-22(20)28-26(21)24-14-18(29-12-11-19(31)16-29)13-23(30(24)25)17-7-3-2-4-8-17/h2-10,18-19,23-25,28,31H,11-16H2,1H3/t18-,19-,23+,24-,25+/m1/s1. The lowest BCUT2D eigenvalue weighted by Crippen LogP contribution is -2.56. The van der Waals surface area contributed by atoms with Crippen molar-refractivity contribution in [3.63, 3.8) is 0 Å². The SMILES string of the molecule is COC(=O)[C@@H]1Cc2c([nH]c3ccccc23)[C@H]2C[C@H](N3CC[C@@H](O)C3)C[C@@H](c3ccccc3)N21. The molecular weight excluding hydrogens is 414 g/mol. The van der Waals surface area contributed by atoms with E-state index in [1.807, 2.05) is 6.07 Å². The molecule has 0 unspecified atom stereocenters. The number of H-pyrrole nitrogens is 1. The van der Waals surface area contributed by atoms with E-state index in [0.29, 0.717) is 12.5 Å². The molecule has 6 heteroatoms. The maximum Gasteiger partial charge on any atom is 0.323 e. The molecule has 2 fully saturated rings. The number of benzene rings is 2. The quantitative estimate of drug-likeness (QED) is 0.603. The number of rotatable bonds is 3. The highest BCUT2D eigenvalue weighted by Crippen LogP contribution is 2.50. The Kier molecular flexibility index (Phi) is 5.24. The highest BCUT2D eigenvalue weighted by molar-refractivity contribution is 5.87. The highest BCUT2D eigenvalue weighted by Gasteiger charge is 2.49. The minimum Gasteiger partial charge on any atom is -0.468 e. The number of likely N-dealkylation sites (tertiary alicyclic amines) is 1. The van der Waals surface area contributed by atoms with E-state index >= 15 is 0 Å². The summed E-state index contributed by atoms with van der Waals surface area (Å²) in [7, 11) is 1.50. The molecule has 3 aromatic rings. The number of aliphatic hydroxyl groups excluding tert-OH is 1. The van der Waals surface area contributed by atoms with E-state index in [4.69, 9.17) is 4.74 Å². The molecule has 2 aromatic carbocycles. The summed E-state index contributed by atoms with van der Waals surface area (Å²) >= 11 is 0. The predicted octanol–water partition coefficient (Wildman–Crippen LogP) is 3.58. The molecule has 6 rings (SSSR count). The van der Waals surface area contributed by atoms with Gasteiger partial charge in [0.15, 0.2) is 0 Å². The van der Waals surface area contributed by atoms with Gasteiger partial charge in [0.1, 0.15) is 6.04 Å². The summed E-state index contributed by atoms with van der Waals surface area (Å²) in [5.74, 6) is -0.160. The van der Waals surface area contributed by atoms with Gasteiger partial charge in [0.25, 0.3) is 0 Å². The fourth-order valence-corrected chi connectivity index (χ4v) is 6.52. The number of carbonyl (C=O) groups excluding carboxylic acids is 1. The second-order valence-electron chi connectivity index (χ2n) is 9.76. The van der Waals surface area contributed by atoms with Crippen LogP contribution >= 0.6 is 0 Å². The third-order valence-electron chi connectivity index (χ3n) is 8.02. The van der Waals surface area contributed by atoms with Crippen LogP contribution in [-0.4, -0.2) is 64.2 Å². The van der Waals surface area contributed by atoms with Gasteiger partial charge >= 0.3 is 5.97 Å². The molecule has 2 N–H and O–H groups in total. The molecule has 6 nitrogen and oxygen atoms in total. The second kappa shape index (κ2) is 8.28. The van der Waals surface area contributed by atoms with E-state index in [1.54, 1.807) is 0 Å². The number of nitrogens with zero attached hydrogens (tertiary/aromatic N) is 2. The first-order valence-corrected chi connectivity index (χ1v) is 12.1. The highest BCUT2D eigenvalue weighted by atomic mass is 16.5. The molecular formula is C27H31N3O3. The van der Waals surface area contributed by atoms with Gasteiger partial charge in [-0.25, -0.2) is 0 Å². The number of hydrogen-bond donors (Lipinski definition) is 2. The number of aliphatic hydroxyl groups is 1. The first-order chi connectivity index (χ1) is 16.1. The van der Waals surface area contributed by atoms with Crippen molar-refractivity contribution in [2.75, 3.05) is 20.2 Å². The van der Waals surface area contributed by atoms with Crippen LogP contribution in [0.5, 0.6) is 0 Å². The van der Waals surface area contributed by atoms with Gasteiger partial charge in [0.05, 0.1) is 19.3 Å². The monoisotopic (exact) mass is 445 g/mol. The maximum absolute atomic E-state index is 13.1. The summed E-state index contributed by atoms with van der Waals surface area (Å²) in [6.07, 6.45) is 3.12. The number of piperidine rings is 1. The third kappa shape index (κ3) is 3.48. The number of esters is 1. The Bertz CT molecular complexity index is 1160. The number of methoxy groups -OCH3 is 1. The minimum atomic E-state index is -0.318. The topological polar surface area (TPSA) is 68.8 Å². The summed E-state index contributed by atoms with van der Waals surface area (Å²) in [6.45, 7) is 1.67. The molecule has 0 spiro atoms. The minimum absolute atomic E-state index is 0.0898. The summed E-state index contributed by atoms with van der Waals surface area (Å²) in [5, 5.41) is 11.4. The molecule has 1 aromatic heterocycles. The average molecular weight is 446 g/mol. The fourth-order valence-electron chi connectivity index (χ4n) is 6.52. The van der Waals surface area contributed by atoms with E-state index in [9.17, 15) is 9.90 Å². The van der Waals surface area contributed by atoms with Crippen molar-refractivity contribution in [1.29, 1.82) is 0 Å². The average Bonchev–Trinajstić information content (AvgIpc) is 3.46. The zero-order valence-corrected chi connectivity index (χ0v) is 19.0. The Balaban J connectivity index is 1.49. The number of fused-ring (bicyclic) bond motifs is 5. The van der Waals surface area contributed by atoms with Crippen molar-refractivity contribution in [3.05, 3.63) is 71.4 Å². The Labute approximate surface area is 194 Å². The molecule has 0 saturated carbocycles. The number of para-hydroxylation sites is 1. The van der Waals surface area contributed by atoms with Crippen LogP contribution in [0.25, 0.3) is 10.9 Å². The van der Waals surface area contributed by atoms with Crippen molar-refractivity contribution >= 4 is 16.9 Å². The van der Waals surface area contributed by atoms with E-state index < -0.39 is 0 Å². The Morgan fingerprint density at radius 2 is 1.82 bits per heavy atom. The van der Waals surface area contributed by atoms with E-state index in [0.717, 1.165) is 37.9 Å². The van der Waals surface area contributed by atoms with Crippen LogP contribution in [0.2, 0.25) is 0 Å². The Morgan fingerprint density at radius 3 is 2.58 bits per heavy atom. The second-order valence-corrected chi connectivity index (χ2v) is 9.76. The van der Waals surface area contributed by atoms with Crippen LogP contribution in [0.3, 0.4) is 0 Å². The normalized spacial score (nSPS) is 30.2. The van der Waals surface area contributed by atoms with Gasteiger partial charge < -0.3 is 14.8 Å². The van der Waals surface area contributed by atoms with E-state index in [1.165, 1.54) is 29.3 Å². The number of carbonyl (C=O) groups is 1. The lowest BCUT2D eigenvalue weighted by molar-refractivity contribution is -0.152. The zero-order valence-electron chi connectivity index (χ0n) is 19.0. The molecule has 3 aliphatic rings. The molecule has 5 atom stereocenters. The van der Waals surface area contributed by atoms with Crippen molar-refractivity contribution in [1.82, 2.24) is 14.8 Å². The Hall–Kier alpha value is -2.67. The third-order valence-corrected chi connectivity index (χ3v) is 8.02. The van der Waals surface area contributed by atoms with Crippen LogP contribution < -0.4 is 0 Å². The molecule has 0 aliphatic carbocycles. The number of ether oxygens (including phenoxy) is 1. The number of β-amino-alcohol motifs (C(OH)–C–C–N with tert-alkyl or cyclic N) is 1. The summed E-state index contributed by atoms with van der Waals surface area (Å²) < 4.78 is 5.33. The van der Waals surface area contributed by atoms with Gasteiger partial charge in [-0.3, -0.25) is 14.6 Å². The molecule has 172 valence electrons. The van der Waals surface area contributed by atoms with Crippen LogP contribution in [-0.2, 0) is 16.0 Å². The zero-order chi connectivity index (χ0) is 22.5. The van der Waals surface area contributed by atoms with Crippen LogP contribution in [0.1, 0.15) is 48.2 Å². The first-order valence-electron chi connectivity index (χ1n) is 12.1. The molecule has 4 heterocycles. The van der Waals surface area contributed by atoms with Gasteiger partial charge in [-0.15, -0.1) is 0 Å². The van der Waals surface area contributed by atoms with Gasteiger partial charge in [0, 0.05) is 48.2 Å². The number of nitrogens with one attached hydrogen (secondary N) is 1. The van der Waals surface area contributed by atoms with Crippen molar-refractivity contribution in [2.24, 2.45) is 0 Å². The molecule has 2 saturated heterocycles. The van der Waals surface area contributed by atoms with Crippen molar-refractivity contribution < 1.29 is 14.6 Å². The molecule has 0 bridgehead atoms.